The molecule has 0 N–H and O–H groups in total. The summed E-state index contributed by atoms with van der Waals surface area (Å²) in [5, 5.41) is 0. The molecule has 0 aromatic heterocycles. The van der Waals surface area contributed by atoms with E-state index in [1.807, 2.05) is 6.07 Å². The van der Waals surface area contributed by atoms with Crippen molar-refractivity contribution in [1.82, 2.24) is 4.90 Å². The summed E-state index contributed by atoms with van der Waals surface area (Å²) in [7, 11) is 6.08. The van der Waals surface area contributed by atoms with Gasteiger partial charge in [0, 0.05) is 19.8 Å². The third-order valence-electron chi connectivity index (χ3n) is 2.91. The Morgan fingerprint density at radius 1 is 1.12 bits per heavy atom. The van der Waals surface area contributed by atoms with Crippen LogP contribution < -0.4 is 0 Å². The van der Waals surface area contributed by atoms with Crippen LogP contribution in [0.15, 0.2) is 30.3 Å². The number of hydrogen-bond donors (Lipinski definition) is 0. The standard InChI is InChI=1S/C13H23NO2Si/c1-14(2)11-10-13(17(15-3)16-4)12-8-6-5-7-9-12/h5-9,13,17H,10-11H2,1-4H3. The molecule has 0 fully saturated rings. The quantitative estimate of drug-likeness (QED) is 0.691. The molecular formula is C13H23NO2Si. The summed E-state index contributed by atoms with van der Waals surface area (Å²) in [5.74, 6) is 0. The molecule has 1 unspecified atom stereocenters. The molecule has 0 amide bonds. The lowest BCUT2D eigenvalue weighted by molar-refractivity contribution is 0.259. The van der Waals surface area contributed by atoms with Crippen LogP contribution in [0.4, 0.5) is 0 Å². The molecule has 0 saturated carbocycles. The topological polar surface area (TPSA) is 21.7 Å². The van der Waals surface area contributed by atoms with Crippen molar-refractivity contribution >= 4 is 9.28 Å². The summed E-state index contributed by atoms with van der Waals surface area (Å²) in [6.07, 6.45) is 1.08. The highest BCUT2D eigenvalue weighted by molar-refractivity contribution is 6.46. The fourth-order valence-corrected chi connectivity index (χ4v) is 3.79. The normalized spacial score (nSPS) is 13.3. The monoisotopic (exact) mass is 253 g/mol. The molecule has 0 aliphatic heterocycles. The number of benzene rings is 1. The van der Waals surface area contributed by atoms with Gasteiger partial charge in [0.15, 0.2) is 0 Å². The van der Waals surface area contributed by atoms with E-state index in [2.05, 4.69) is 43.3 Å². The van der Waals surface area contributed by atoms with Gasteiger partial charge in [-0.25, -0.2) is 0 Å². The van der Waals surface area contributed by atoms with Crippen LogP contribution in [0.2, 0.25) is 0 Å². The lowest BCUT2D eigenvalue weighted by Gasteiger charge is -2.24. The summed E-state index contributed by atoms with van der Waals surface area (Å²) >= 11 is 0. The first-order valence-electron chi connectivity index (χ1n) is 5.94. The minimum absolute atomic E-state index is 0.411. The maximum atomic E-state index is 5.55. The van der Waals surface area contributed by atoms with E-state index >= 15 is 0 Å². The van der Waals surface area contributed by atoms with E-state index in [0.29, 0.717) is 5.54 Å². The summed E-state index contributed by atoms with van der Waals surface area (Å²) in [5.41, 5.74) is 1.74. The molecule has 0 aliphatic carbocycles. The fraction of sp³-hybridized carbons (Fsp3) is 0.538. The Labute approximate surface area is 106 Å². The molecule has 1 aromatic rings. The SMILES string of the molecule is CO[SiH](OC)C(CCN(C)C)c1ccccc1. The molecular weight excluding hydrogens is 230 g/mol. The minimum Gasteiger partial charge on any atom is -0.400 e. The highest BCUT2D eigenvalue weighted by Gasteiger charge is 2.25. The zero-order chi connectivity index (χ0) is 12.7. The van der Waals surface area contributed by atoms with Crippen LogP contribution in [0.3, 0.4) is 0 Å². The van der Waals surface area contributed by atoms with Gasteiger partial charge in [-0.15, -0.1) is 0 Å². The molecule has 17 heavy (non-hydrogen) atoms. The second kappa shape index (κ2) is 7.61. The highest BCUT2D eigenvalue weighted by atomic mass is 28.3. The van der Waals surface area contributed by atoms with Gasteiger partial charge in [-0.05, 0) is 32.6 Å². The number of hydrogen-bond acceptors (Lipinski definition) is 3. The molecule has 3 nitrogen and oxygen atoms in total. The Bertz CT molecular complexity index is 302. The van der Waals surface area contributed by atoms with Crippen LogP contribution in [0, 0.1) is 0 Å². The van der Waals surface area contributed by atoms with Crippen molar-refractivity contribution in [2.45, 2.75) is 12.0 Å². The Morgan fingerprint density at radius 3 is 2.18 bits per heavy atom. The number of nitrogens with zero attached hydrogens (tertiary/aromatic N) is 1. The Morgan fingerprint density at radius 2 is 1.71 bits per heavy atom. The summed E-state index contributed by atoms with van der Waals surface area (Å²) < 4.78 is 11.1. The van der Waals surface area contributed by atoms with E-state index in [-0.39, 0.29) is 0 Å². The lowest BCUT2D eigenvalue weighted by Crippen LogP contribution is -2.31. The van der Waals surface area contributed by atoms with Gasteiger partial charge in [0.25, 0.3) is 0 Å². The van der Waals surface area contributed by atoms with Gasteiger partial charge < -0.3 is 13.8 Å². The van der Waals surface area contributed by atoms with Gasteiger partial charge in [-0.3, -0.25) is 0 Å². The van der Waals surface area contributed by atoms with Gasteiger partial charge in [-0.1, -0.05) is 30.3 Å². The van der Waals surface area contributed by atoms with Crippen LogP contribution in [0.25, 0.3) is 0 Å². The molecule has 4 heteroatoms. The molecule has 0 bridgehead atoms. The van der Waals surface area contributed by atoms with Gasteiger partial charge in [0.2, 0.25) is 0 Å². The Kier molecular flexibility index (Phi) is 6.43. The van der Waals surface area contributed by atoms with Crippen molar-refractivity contribution in [1.29, 1.82) is 0 Å². The van der Waals surface area contributed by atoms with Crippen LogP contribution in [0.1, 0.15) is 17.5 Å². The third-order valence-corrected chi connectivity index (χ3v) is 5.21. The Balaban J connectivity index is 2.78. The van der Waals surface area contributed by atoms with E-state index in [1.165, 1.54) is 5.56 Å². The zero-order valence-corrected chi connectivity index (χ0v) is 12.4. The van der Waals surface area contributed by atoms with E-state index in [0.717, 1.165) is 13.0 Å². The Hall–Kier alpha value is -0.683. The van der Waals surface area contributed by atoms with Gasteiger partial charge in [-0.2, -0.15) is 0 Å². The molecule has 0 heterocycles. The maximum absolute atomic E-state index is 5.55. The van der Waals surface area contributed by atoms with Crippen molar-refractivity contribution in [3.8, 4) is 0 Å². The van der Waals surface area contributed by atoms with Crippen LogP contribution >= 0.6 is 0 Å². The number of rotatable bonds is 7. The molecule has 0 spiro atoms. The third kappa shape index (κ3) is 4.59. The summed E-state index contributed by atoms with van der Waals surface area (Å²) in [6, 6.07) is 10.5. The molecule has 0 saturated heterocycles. The van der Waals surface area contributed by atoms with Crippen LogP contribution in [-0.2, 0) is 8.85 Å². The second-order valence-electron chi connectivity index (χ2n) is 4.45. The molecule has 1 aromatic carbocycles. The highest BCUT2D eigenvalue weighted by Crippen LogP contribution is 2.23. The van der Waals surface area contributed by atoms with E-state index in [4.69, 9.17) is 8.85 Å². The largest absolute Gasteiger partial charge is 0.400 e. The van der Waals surface area contributed by atoms with E-state index in [9.17, 15) is 0 Å². The van der Waals surface area contributed by atoms with Gasteiger partial charge in [0.1, 0.15) is 0 Å². The first-order chi connectivity index (χ1) is 8.19. The predicted octanol–water partition coefficient (Wildman–Crippen LogP) is 1.77. The zero-order valence-electron chi connectivity index (χ0n) is 11.2. The van der Waals surface area contributed by atoms with E-state index in [1.54, 1.807) is 14.2 Å². The van der Waals surface area contributed by atoms with Crippen LogP contribution in [0.5, 0.6) is 0 Å². The van der Waals surface area contributed by atoms with Crippen molar-refractivity contribution < 1.29 is 8.85 Å². The second-order valence-corrected chi connectivity index (χ2v) is 6.93. The molecule has 0 radical (unpaired) electrons. The first kappa shape index (κ1) is 14.4. The minimum atomic E-state index is -1.62. The molecule has 1 atom stereocenters. The van der Waals surface area contributed by atoms with Gasteiger partial charge >= 0.3 is 9.28 Å². The predicted molar refractivity (Wildman–Crippen MR) is 73.5 cm³/mol. The summed E-state index contributed by atoms with van der Waals surface area (Å²) in [4.78, 5) is 2.20. The summed E-state index contributed by atoms with van der Waals surface area (Å²) in [6.45, 7) is 1.05. The van der Waals surface area contributed by atoms with Crippen molar-refractivity contribution in [2.24, 2.45) is 0 Å². The van der Waals surface area contributed by atoms with Gasteiger partial charge in [0.05, 0.1) is 0 Å². The van der Waals surface area contributed by atoms with Crippen LogP contribution in [-0.4, -0.2) is 49.0 Å². The fourth-order valence-electron chi connectivity index (χ4n) is 1.98. The smallest absolute Gasteiger partial charge is 0.328 e. The average molecular weight is 253 g/mol. The maximum Gasteiger partial charge on any atom is 0.328 e. The van der Waals surface area contributed by atoms with Crippen molar-refractivity contribution in [2.75, 3.05) is 34.9 Å². The van der Waals surface area contributed by atoms with Crippen molar-refractivity contribution in [3.63, 3.8) is 0 Å². The first-order valence-corrected chi connectivity index (χ1v) is 7.55. The molecule has 0 aliphatic rings. The molecule has 96 valence electrons. The van der Waals surface area contributed by atoms with E-state index < -0.39 is 9.28 Å². The lowest BCUT2D eigenvalue weighted by atomic mass is 10.1. The van der Waals surface area contributed by atoms with Crippen molar-refractivity contribution in [3.05, 3.63) is 35.9 Å². The molecule has 1 rings (SSSR count). The average Bonchev–Trinajstić information content (AvgIpc) is 2.35.